The minimum Gasteiger partial charge on any atom is -0.493 e. The summed E-state index contributed by atoms with van der Waals surface area (Å²) in [4.78, 5) is 18.2. The molecule has 11 heteroatoms. The summed E-state index contributed by atoms with van der Waals surface area (Å²) in [5.74, 6) is 1.74. The summed E-state index contributed by atoms with van der Waals surface area (Å²) in [5.41, 5.74) is 5.00. The summed E-state index contributed by atoms with van der Waals surface area (Å²) in [6, 6.07) is 18.9. The van der Waals surface area contributed by atoms with Crippen LogP contribution in [0.5, 0.6) is 11.5 Å². The minimum atomic E-state index is -0.639. The zero-order chi connectivity index (χ0) is 30.7. The Morgan fingerprint density at radius 1 is 1.12 bits per heavy atom. The van der Waals surface area contributed by atoms with Crippen molar-refractivity contribution in [1.82, 2.24) is 14.8 Å². The number of allylic oxidation sites excluding steroid dienone is 1. The molecule has 1 aromatic heterocycles. The van der Waals surface area contributed by atoms with Gasteiger partial charge in [0.2, 0.25) is 11.1 Å². The molecule has 1 N–H and O–H groups in total. The molecule has 0 bridgehead atoms. The van der Waals surface area contributed by atoms with Gasteiger partial charge in [-0.05, 0) is 84.1 Å². The second-order valence-corrected chi connectivity index (χ2v) is 12.5. The number of carbonyl (C=O) groups excluding carboxylic acids is 1. The number of ether oxygens (including phenoxy) is 3. The van der Waals surface area contributed by atoms with Crippen molar-refractivity contribution >= 4 is 51.2 Å². The van der Waals surface area contributed by atoms with E-state index in [0.29, 0.717) is 55.7 Å². The van der Waals surface area contributed by atoms with Crippen molar-refractivity contribution in [2.24, 2.45) is 0 Å². The smallest absolute Gasteiger partial charge is 0.338 e. The fourth-order valence-corrected chi connectivity index (χ4v) is 6.45. The standard InChI is InChI=1S/C32H32BrClN4O4S/c1-18(2)42-30(39)27-20(4)35-31-36-32(43-17-22-12-8-9-13-25(22)34)37-38(31)28(27)23-14-24(33)29(26(15-23)40-5)41-16-21-11-7-6-10-19(21)3/h6-15,18,28H,16-17H2,1-5H3,(H,35,36,37). The summed E-state index contributed by atoms with van der Waals surface area (Å²) in [6.45, 7) is 7.91. The lowest BCUT2D eigenvalue weighted by atomic mass is 9.95. The van der Waals surface area contributed by atoms with Crippen LogP contribution in [-0.4, -0.2) is 33.9 Å². The van der Waals surface area contributed by atoms with Gasteiger partial charge in [-0.15, -0.1) is 5.10 Å². The van der Waals surface area contributed by atoms with Crippen LogP contribution in [0, 0.1) is 6.92 Å². The summed E-state index contributed by atoms with van der Waals surface area (Å²) < 4.78 is 20.1. The van der Waals surface area contributed by atoms with Gasteiger partial charge in [-0.1, -0.05) is 65.8 Å². The first-order valence-corrected chi connectivity index (χ1v) is 15.9. The van der Waals surface area contributed by atoms with Gasteiger partial charge in [-0.3, -0.25) is 0 Å². The van der Waals surface area contributed by atoms with Gasteiger partial charge in [0.05, 0.1) is 23.3 Å². The molecule has 0 saturated heterocycles. The number of esters is 1. The molecule has 43 heavy (non-hydrogen) atoms. The molecule has 0 saturated carbocycles. The van der Waals surface area contributed by atoms with Gasteiger partial charge in [0.15, 0.2) is 11.5 Å². The molecule has 0 spiro atoms. The predicted octanol–water partition coefficient (Wildman–Crippen LogP) is 8.12. The van der Waals surface area contributed by atoms with Gasteiger partial charge in [0.25, 0.3) is 0 Å². The lowest BCUT2D eigenvalue weighted by molar-refractivity contribution is -0.143. The van der Waals surface area contributed by atoms with Gasteiger partial charge in [0.1, 0.15) is 12.6 Å². The number of hydrogen-bond donors (Lipinski definition) is 1. The number of benzene rings is 3. The molecule has 5 rings (SSSR count). The first kappa shape index (κ1) is 31.0. The molecule has 1 aliphatic rings. The molecule has 1 aliphatic heterocycles. The van der Waals surface area contributed by atoms with Crippen LogP contribution in [0.15, 0.2) is 81.6 Å². The van der Waals surface area contributed by atoms with E-state index in [1.807, 2.05) is 88.4 Å². The number of halogens is 2. The Labute approximate surface area is 268 Å². The first-order valence-electron chi connectivity index (χ1n) is 13.7. The van der Waals surface area contributed by atoms with Gasteiger partial charge in [-0.25, -0.2) is 9.48 Å². The average Bonchev–Trinajstić information content (AvgIpc) is 3.37. The maximum Gasteiger partial charge on any atom is 0.338 e. The monoisotopic (exact) mass is 682 g/mol. The fourth-order valence-electron chi connectivity index (χ4n) is 4.76. The summed E-state index contributed by atoms with van der Waals surface area (Å²) >= 11 is 11.5. The lowest BCUT2D eigenvalue weighted by Gasteiger charge is -2.29. The number of thioether (sulfide) groups is 1. The SMILES string of the molecule is COc1cc(C2C(C(=O)OC(C)C)=C(C)Nc3nc(SCc4ccccc4Cl)nn32)cc(Br)c1OCc1ccccc1C. The Bertz CT molecular complexity index is 1690. The highest BCUT2D eigenvalue weighted by Crippen LogP contribution is 2.44. The molecule has 0 aliphatic carbocycles. The Hall–Kier alpha value is -3.47. The largest absolute Gasteiger partial charge is 0.493 e. The number of rotatable bonds is 10. The Morgan fingerprint density at radius 3 is 2.53 bits per heavy atom. The van der Waals surface area contributed by atoms with Crippen molar-refractivity contribution in [2.45, 2.75) is 57.4 Å². The maximum absolute atomic E-state index is 13.5. The van der Waals surface area contributed by atoms with Crippen LogP contribution < -0.4 is 14.8 Å². The van der Waals surface area contributed by atoms with Crippen molar-refractivity contribution in [3.05, 3.63) is 104 Å². The third-order valence-electron chi connectivity index (χ3n) is 6.91. The van der Waals surface area contributed by atoms with Gasteiger partial charge >= 0.3 is 5.97 Å². The number of anilines is 1. The summed E-state index contributed by atoms with van der Waals surface area (Å²) in [7, 11) is 1.59. The molecule has 0 amide bonds. The number of nitrogens with zero attached hydrogens (tertiary/aromatic N) is 3. The van der Waals surface area contributed by atoms with Crippen LogP contribution in [0.3, 0.4) is 0 Å². The predicted molar refractivity (Wildman–Crippen MR) is 173 cm³/mol. The van der Waals surface area contributed by atoms with Crippen molar-refractivity contribution in [1.29, 1.82) is 0 Å². The number of methoxy groups -OCH3 is 1. The molecular formula is C32H32BrClN4O4S. The molecule has 1 atom stereocenters. The third kappa shape index (κ3) is 6.87. The van der Waals surface area contributed by atoms with E-state index in [-0.39, 0.29) is 6.10 Å². The normalized spacial score (nSPS) is 14.4. The molecule has 0 radical (unpaired) electrons. The number of carbonyl (C=O) groups is 1. The molecule has 1 unspecified atom stereocenters. The third-order valence-corrected chi connectivity index (χ3v) is 8.76. The van der Waals surface area contributed by atoms with E-state index in [2.05, 4.69) is 21.2 Å². The van der Waals surface area contributed by atoms with Crippen molar-refractivity contribution in [2.75, 3.05) is 12.4 Å². The molecule has 4 aromatic rings. The molecular weight excluding hydrogens is 652 g/mol. The topological polar surface area (TPSA) is 87.5 Å². The van der Waals surface area contributed by atoms with Crippen LogP contribution in [0.1, 0.15) is 49.1 Å². The van der Waals surface area contributed by atoms with Crippen LogP contribution in [-0.2, 0) is 21.9 Å². The van der Waals surface area contributed by atoms with E-state index >= 15 is 0 Å². The fraction of sp³-hybridized carbons (Fsp3) is 0.281. The number of nitrogens with one attached hydrogen (secondary N) is 1. The highest BCUT2D eigenvalue weighted by molar-refractivity contribution is 9.10. The molecule has 3 aromatic carbocycles. The van der Waals surface area contributed by atoms with Crippen LogP contribution in [0.2, 0.25) is 5.02 Å². The zero-order valence-electron chi connectivity index (χ0n) is 24.5. The average molecular weight is 684 g/mol. The van der Waals surface area contributed by atoms with Gasteiger partial charge in [-0.2, -0.15) is 4.98 Å². The summed E-state index contributed by atoms with van der Waals surface area (Å²) in [6.07, 6.45) is -0.300. The molecule has 8 nitrogen and oxygen atoms in total. The second kappa shape index (κ2) is 13.4. The van der Waals surface area contributed by atoms with Crippen molar-refractivity contribution < 1.29 is 19.0 Å². The number of aryl methyl sites for hydroxylation is 1. The lowest BCUT2D eigenvalue weighted by Crippen LogP contribution is -2.30. The number of aromatic nitrogens is 3. The first-order chi connectivity index (χ1) is 20.7. The number of fused-ring (bicyclic) bond motifs is 1. The summed E-state index contributed by atoms with van der Waals surface area (Å²) in [5, 5.41) is 9.31. The van der Waals surface area contributed by atoms with Gasteiger partial charge < -0.3 is 19.5 Å². The van der Waals surface area contributed by atoms with E-state index in [1.54, 1.807) is 11.8 Å². The van der Waals surface area contributed by atoms with Crippen LogP contribution in [0.25, 0.3) is 0 Å². The van der Waals surface area contributed by atoms with E-state index in [0.717, 1.165) is 22.3 Å². The molecule has 0 fully saturated rings. The number of hydrogen-bond acceptors (Lipinski definition) is 8. The van der Waals surface area contributed by atoms with Gasteiger partial charge in [0, 0.05) is 16.5 Å². The molecule has 224 valence electrons. The van der Waals surface area contributed by atoms with E-state index in [1.165, 1.54) is 11.8 Å². The quantitative estimate of drug-likeness (QED) is 0.133. The Morgan fingerprint density at radius 2 is 1.84 bits per heavy atom. The van der Waals surface area contributed by atoms with E-state index in [4.69, 9.17) is 35.9 Å². The van der Waals surface area contributed by atoms with Crippen molar-refractivity contribution in [3.8, 4) is 11.5 Å². The second-order valence-electron chi connectivity index (χ2n) is 10.3. The highest BCUT2D eigenvalue weighted by Gasteiger charge is 2.36. The van der Waals surface area contributed by atoms with Crippen molar-refractivity contribution in [3.63, 3.8) is 0 Å². The maximum atomic E-state index is 13.5. The molecule has 2 heterocycles. The Balaban J connectivity index is 1.52. The Kier molecular flexibility index (Phi) is 9.68. The van der Waals surface area contributed by atoms with Crippen LogP contribution in [0.4, 0.5) is 5.95 Å². The minimum absolute atomic E-state index is 0.300. The van der Waals surface area contributed by atoms with E-state index < -0.39 is 12.0 Å². The van der Waals surface area contributed by atoms with E-state index in [9.17, 15) is 4.79 Å². The zero-order valence-corrected chi connectivity index (χ0v) is 27.6. The van der Waals surface area contributed by atoms with Crippen LogP contribution >= 0.6 is 39.3 Å². The highest BCUT2D eigenvalue weighted by atomic mass is 79.9.